The first-order chi connectivity index (χ1) is 9.15. The van der Waals surface area contributed by atoms with E-state index in [0.717, 1.165) is 19.6 Å². The fourth-order valence-corrected chi connectivity index (χ4v) is 2.96. The molecule has 4 heteroatoms. The van der Waals surface area contributed by atoms with E-state index < -0.39 is 11.5 Å². The van der Waals surface area contributed by atoms with E-state index in [1.54, 1.807) is 6.92 Å². The van der Waals surface area contributed by atoms with Gasteiger partial charge in [-0.3, -0.25) is 10.1 Å². The number of carbonyl (C=O) groups is 1. The second kappa shape index (κ2) is 6.90. The first-order valence-electron chi connectivity index (χ1n) is 7.88. The molecule has 1 aliphatic heterocycles. The Morgan fingerprint density at radius 3 is 2.55 bits per heavy atom. The lowest BCUT2D eigenvalue weighted by molar-refractivity contribution is -0.145. The number of carboxylic acids is 1. The maximum absolute atomic E-state index is 11.5. The molecule has 0 aromatic heterocycles. The van der Waals surface area contributed by atoms with Gasteiger partial charge in [-0.2, -0.15) is 0 Å². The van der Waals surface area contributed by atoms with Crippen LogP contribution in [0.25, 0.3) is 0 Å². The molecular weight excluding hydrogens is 252 g/mol. The average Bonchev–Trinajstić information content (AvgIpc) is 2.47. The van der Waals surface area contributed by atoms with E-state index in [0.29, 0.717) is 11.8 Å². The highest BCUT2D eigenvalue weighted by molar-refractivity contribution is 5.78. The van der Waals surface area contributed by atoms with Gasteiger partial charge in [0.05, 0.1) is 0 Å². The van der Waals surface area contributed by atoms with Crippen LogP contribution in [0.4, 0.5) is 0 Å². The topological polar surface area (TPSA) is 52.6 Å². The number of hydrogen-bond donors (Lipinski definition) is 2. The van der Waals surface area contributed by atoms with Crippen LogP contribution in [0.1, 0.15) is 60.3 Å². The monoisotopic (exact) mass is 284 g/mol. The van der Waals surface area contributed by atoms with Crippen LogP contribution in [0, 0.1) is 5.41 Å². The second-order valence-corrected chi connectivity index (χ2v) is 7.55. The van der Waals surface area contributed by atoms with Crippen molar-refractivity contribution < 1.29 is 9.90 Å². The fraction of sp³-hybridized carbons (Fsp3) is 0.938. The second-order valence-electron chi connectivity index (χ2n) is 7.55. The van der Waals surface area contributed by atoms with Gasteiger partial charge in [-0.05, 0) is 65.0 Å². The van der Waals surface area contributed by atoms with Crippen molar-refractivity contribution in [3.63, 3.8) is 0 Å². The molecule has 1 rings (SSSR count). The zero-order chi connectivity index (χ0) is 15.4. The van der Waals surface area contributed by atoms with E-state index in [-0.39, 0.29) is 6.04 Å². The van der Waals surface area contributed by atoms with Gasteiger partial charge in [0.2, 0.25) is 0 Å². The molecule has 1 fully saturated rings. The van der Waals surface area contributed by atoms with Gasteiger partial charge in [-0.1, -0.05) is 13.8 Å². The van der Waals surface area contributed by atoms with Crippen molar-refractivity contribution in [2.75, 3.05) is 19.6 Å². The minimum atomic E-state index is -0.823. The van der Waals surface area contributed by atoms with Gasteiger partial charge in [-0.15, -0.1) is 0 Å². The molecule has 1 unspecified atom stereocenters. The van der Waals surface area contributed by atoms with E-state index in [4.69, 9.17) is 0 Å². The molecule has 20 heavy (non-hydrogen) atoms. The highest BCUT2D eigenvalue weighted by Gasteiger charge is 2.34. The van der Waals surface area contributed by atoms with Gasteiger partial charge >= 0.3 is 5.97 Å². The summed E-state index contributed by atoms with van der Waals surface area (Å²) in [6.07, 6.45) is 4.34. The third-order valence-electron chi connectivity index (χ3n) is 4.44. The summed E-state index contributed by atoms with van der Waals surface area (Å²) < 4.78 is 0. The number of aliphatic carboxylic acids is 1. The molecule has 0 spiro atoms. The molecule has 1 saturated heterocycles. The number of carboxylic acid groups (broad SMARTS) is 1. The number of hydrogen-bond acceptors (Lipinski definition) is 3. The van der Waals surface area contributed by atoms with E-state index >= 15 is 0 Å². The van der Waals surface area contributed by atoms with Gasteiger partial charge in [0.25, 0.3) is 0 Å². The van der Waals surface area contributed by atoms with E-state index in [1.165, 1.54) is 19.3 Å². The highest BCUT2D eigenvalue weighted by atomic mass is 16.4. The van der Waals surface area contributed by atoms with Crippen LogP contribution in [-0.4, -0.2) is 47.2 Å². The Bertz CT molecular complexity index is 328. The Balaban J connectivity index is 2.53. The van der Waals surface area contributed by atoms with Crippen LogP contribution in [-0.2, 0) is 4.79 Å². The molecule has 4 nitrogen and oxygen atoms in total. The van der Waals surface area contributed by atoms with E-state index in [9.17, 15) is 9.90 Å². The molecule has 118 valence electrons. The van der Waals surface area contributed by atoms with Gasteiger partial charge in [0, 0.05) is 12.6 Å². The Morgan fingerprint density at radius 2 is 2.00 bits per heavy atom. The fourth-order valence-electron chi connectivity index (χ4n) is 2.96. The Labute approximate surface area is 123 Å². The number of rotatable bonds is 6. The average molecular weight is 284 g/mol. The lowest BCUT2D eigenvalue weighted by Gasteiger charge is -2.31. The summed E-state index contributed by atoms with van der Waals surface area (Å²) in [6, 6.07) is 0.180. The van der Waals surface area contributed by atoms with Crippen molar-refractivity contribution in [2.45, 2.75) is 71.9 Å². The summed E-state index contributed by atoms with van der Waals surface area (Å²) in [5.74, 6) is -0.749. The lowest BCUT2D eigenvalue weighted by atomic mass is 9.85. The maximum atomic E-state index is 11.5. The number of nitrogens with one attached hydrogen (secondary N) is 1. The van der Waals surface area contributed by atoms with Crippen LogP contribution in [0.3, 0.4) is 0 Å². The molecule has 1 aliphatic rings. The molecule has 0 amide bonds. The van der Waals surface area contributed by atoms with Crippen LogP contribution in [0.5, 0.6) is 0 Å². The standard InChI is InChI=1S/C16H32N2O2/c1-13(2)17-16(5,14(19)20)9-12-18-10-6-7-15(3,4)8-11-18/h13,17H,6-12H2,1-5H3,(H,19,20). The van der Waals surface area contributed by atoms with Gasteiger partial charge in [0.15, 0.2) is 0 Å². The zero-order valence-electron chi connectivity index (χ0n) is 13.8. The predicted octanol–water partition coefficient (Wildman–Crippen LogP) is 2.73. The number of nitrogens with zero attached hydrogens (tertiary/aromatic N) is 1. The quantitative estimate of drug-likeness (QED) is 0.787. The van der Waals surface area contributed by atoms with Crippen LogP contribution >= 0.6 is 0 Å². The molecule has 0 aliphatic carbocycles. The normalized spacial score (nSPS) is 23.3. The summed E-state index contributed by atoms with van der Waals surface area (Å²) in [6.45, 7) is 13.5. The smallest absolute Gasteiger partial charge is 0.323 e. The van der Waals surface area contributed by atoms with Crippen molar-refractivity contribution in [2.24, 2.45) is 5.41 Å². The minimum Gasteiger partial charge on any atom is -0.480 e. The Kier molecular flexibility index (Phi) is 6.02. The highest BCUT2D eigenvalue weighted by Crippen LogP contribution is 2.30. The number of likely N-dealkylation sites (tertiary alicyclic amines) is 1. The van der Waals surface area contributed by atoms with Crippen molar-refractivity contribution in [1.82, 2.24) is 10.2 Å². The first kappa shape index (κ1) is 17.4. The van der Waals surface area contributed by atoms with E-state index in [2.05, 4.69) is 24.1 Å². The first-order valence-corrected chi connectivity index (χ1v) is 7.88. The molecule has 0 aromatic carbocycles. The molecule has 2 N–H and O–H groups in total. The van der Waals surface area contributed by atoms with Crippen molar-refractivity contribution >= 4 is 5.97 Å². The van der Waals surface area contributed by atoms with Crippen LogP contribution < -0.4 is 5.32 Å². The van der Waals surface area contributed by atoms with E-state index in [1.807, 2.05) is 13.8 Å². The molecule has 0 aromatic rings. The lowest BCUT2D eigenvalue weighted by Crippen LogP contribution is -2.54. The molecule has 0 bridgehead atoms. The SMILES string of the molecule is CC(C)NC(C)(CCN1CCCC(C)(C)CC1)C(=O)O. The van der Waals surface area contributed by atoms with Crippen molar-refractivity contribution in [3.8, 4) is 0 Å². The summed E-state index contributed by atoms with van der Waals surface area (Å²) in [7, 11) is 0. The summed E-state index contributed by atoms with van der Waals surface area (Å²) >= 11 is 0. The molecule has 1 heterocycles. The third kappa shape index (κ3) is 5.41. The Morgan fingerprint density at radius 1 is 1.35 bits per heavy atom. The predicted molar refractivity (Wildman–Crippen MR) is 83.0 cm³/mol. The van der Waals surface area contributed by atoms with Crippen LogP contribution in [0.15, 0.2) is 0 Å². The largest absolute Gasteiger partial charge is 0.480 e. The summed E-state index contributed by atoms with van der Waals surface area (Å²) in [4.78, 5) is 13.9. The van der Waals surface area contributed by atoms with Crippen molar-refractivity contribution in [3.05, 3.63) is 0 Å². The molecule has 0 radical (unpaired) electrons. The molecular formula is C16H32N2O2. The Hall–Kier alpha value is -0.610. The van der Waals surface area contributed by atoms with Gasteiger partial charge in [-0.25, -0.2) is 0 Å². The van der Waals surface area contributed by atoms with Gasteiger partial charge in [0.1, 0.15) is 5.54 Å². The summed E-state index contributed by atoms with van der Waals surface area (Å²) in [5.41, 5.74) is -0.392. The van der Waals surface area contributed by atoms with Gasteiger partial charge < -0.3 is 10.0 Å². The summed E-state index contributed by atoms with van der Waals surface area (Å²) in [5, 5.41) is 12.7. The van der Waals surface area contributed by atoms with Crippen LogP contribution in [0.2, 0.25) is 0 Å². The minimum absolute atomic E-state index is 0.180. The molecule has 1 atom stereocenters. The molecule has 0 saturated carbocycles. The third-order valence-corrected chi connectivity index (χ3v) is 4.44. The maximum Gasteiger partial charge on any atom is 0.323 e. The zero-order valence-corrected chi connectivity index (χ0v) is 13.8. The van der Waals surface area contributed by atoms with Crippen molar-refractivity contribution in [1.29, 1.82) is 0 Å².